The van der Waals surface area contributed by atoms with E-state index in [1.54, 1.807) is 6.92 Å². The molecule has 2 amide bonds. The smallest absolute Gasteiger partial charge is 0.234 e. The van der Waals surface area contributed by atoms with Gasteiger partial charge in [-0.05, 0) is 19.4 Å². The van der Waals surface area contributed by atoms with Gasteiger partial charge in [0.25, 0.3) is 0 Å². The van der Waals surface area contributed by atoms with Gasteiger partial charge < -0.3 is 21.1 Å². The van der Waals surface area contributed by atoms with Crippen LogP contribution in [-0.4, -0.2) is 37.0 Å². The molecule has 22 heavy (non-hydrogen) atoms. The first-order chi connectivity index (χ1) is 10.5. The number of carbonyl (C=O) groups is 2. The van der Waals surface area contributed by atoms with Crippen LogP contribution in [0, 0.1) is 6.42 Å². The van der Waals surface area contributed by atoms with E-state index in [1.165, 1.54) is 6.42 Å². The minimum Gasteiger partial charge on any atom is -0.373 e. The second-order valence-corrected chi connectivity index (χ2v) is 5.04. The van der Waals surface area contributed by atoms with Gasteiger partial charge in [0, 0.05) is 13.1 Å². The van der Waals surface area contributed by atoms with Crippen LogP contribution < -0.4 is 16.4 Å². The number of nitrogens with two attached hydrogens (primary N) is 1. The molecule has 1 aromatic rings. The van der Waals surface area contributed by atoms with Crippen molar-refractivity contribution in [3.63, 3.8) is 0 Å². The number of carbonyl (C=O) groups excluding carboxylic acids is 2. The molecule has 0 fully saturated rings. The third-order valence-corrected chi connectivity index (χ3v) is 3.04. The molecule has 6 nitrogen and oxygen atoms in total. The third-order valence-electron chi connectivity index (χ3n) is 3.04. The highest BCUT2D eigenvalue weighted by atomic mass is 16.5. The van der Waals surface area contributed by atoms with Crippen LogP contribution in [0.1, 0.15) is 19.4 Å². The first-order valence-corrected chi connectivity index (χ1v) is 7.30. The zero-order valence-electron chi connectivity index (χ0n) is 13.0. The Bertz CT molecular complexity index is 465. The Morgan fingerprint density at radius 1 is 1.23 bits per heavy atom. The predicted octanol–water partition coefficient (Wildman–Crippen LogP) is 0.376. The second-order valence-electron chi connectivity index (χ2n) is 5.04. The van der Waals surface area contributed by atoms with Crippen molar-refractivity contribution >= 4 is 11.8 Å². The molecule has 0 aliphatic rings. The summed E-state index contributed by atoms with van der Waals surface area (Å²) in [7, 11) is 0. The number of ether oxygens (including phenoxy) is 1. The molecule has 4 N–H and O–H groups in total. The van der Waals surface area contributed by atoms with Crippen LogP contribution >= 0.6 is 0 Å². The summed E-state index contributed by atoms with van der Waals surface area (Å²) >= 11 is 0. The van der Waals surface area contributed by atoms with Crippen molar-refractivity contribution in [1.29, 1.82) is 0 Å². The molecule has 0 aromatic heterocycles. The van der Waals surface area contributed by atoms with Crippen LogP contribution in [0.25, 0.3) is 0 Å². The number of hydrogen-bond acceptors (Lipinski definition) is 4. The third kappa shape index (κ3) is 7.75. The van der Waals surface area contributed by atoms with Crippen LogP contribution in [0.4, 0.5) is 0 Å². The molecular weight excluding hydrogens is 282 g/mol. The number of amides is 2. The zero-order valence-corrected chi connectivity index (χ0v) is 13.0. The Hall–Kier alpha value is -1.92. The molecule has 121 valence electrons. The van der Waals surface area contributed by atoms with Crippen LogP contribution in [0.5, 0.6) is 0 Å². The van der Waals surface area contributed by atoms with Crippen molar-refractivity contribution in [3.8, 4) is 0 Å². The quantitative estimate of drug-likeness (QED) is 0.545. The highest BCUT2D eigenvalue weighted by molar-refractivity contribution is 5.85. The predicted molar refractivity (Wildman–Crippen MR) is 84.7 cm³/mol. The van der Waals surface area contributed by atoms with E-state index in [-0.39, 0.29) is 12.0 Å². The monoisotopic (exact) mass is 306 g/mol. The summed E-state index contributed by atoms with van der Waals surface area (Å²) in [5.74, 6) is -0.616. The van der Waals surface area contributed by atoms with Crippen LogP contribution in [-0.2, 0) is 20.9 Å². The number of benzene rings is 1. The van der Waals surface area contributed by atoms with Gasteiger partial charge in [-0.25, -0.2) is 0 Å². The number of rotatable bonds is 10. The SMILES string of the molecule is CC(NCCNC(=O)[CH][C@H](C)OCc1ccccc1)C(N)=O. The van der Waals surface area contributed by atoms with Crippen molar-refractivity contribution in [1.82, 2.24) is 10.6 Å². The minimum atomic E-state index is -0.416. The van der Waals surface area contributed by atoms with E-state index in [4.69, 9.17) is 10.5 Å². The van der Waals surface area contributed by atoms with Gasteiger partial charge in [-0.3, -0.25) is 9.59 Å². The van der Waals surface area contributed by atoms with Crippen molar-refractivity contribution < 1.29 is 14.3 Å². The summed E-state index contributed by atoms with van der Waals surface area (Å²) < 4.78 is 5.58. The topological polar surface area (TPSA) is 93.4 Å². The first kappa shape index (κ1) is 18.1. The molecule has 1 unspecified atom stereocenters. The normalized spacial score (nSPS) is 13.4. The Morgan fingerprint density at radius 3 is 2.55 bits per heavy atom. The molecule has 0 bridgehead atoms. The Labute approximate surface area is 131 Å². The maximum absolute atomic E-state index is 11.7. The van der Waals surface area contributed by atoms with Gasteiger partial charge in [0.05, 0.1) is 25.2 Å². The van der Waals surface area contributed by atoms with Crippen molar-refractivity contribution in [2.45, 2.75) is 32.6 Å². The number of primary amides is 1. The Morgan fingerprint density at radius 2 is 1.91 bits per heavy atom. The van der Waals surface area contributed by atoms with E-state index in [2.05, 4.69) is 10.6 Å². The highest BCUT2D eigenvalue weighted by Gasteiger charge is 2.11. The van der Waals surface area contributed by atoms with Crippen LogP contribution in [0.3, 0.4) is 0 Å². The van der Waals surface area contributed by atoms with Gasteiger partial charge in [0.15, 0.2) is 0 Å². The standard InChI is InChI=1S/C16H24N3O3/c1-12(22-11-14-6-4-3-5-7-14)10-15(20)19-9-8-18-13(2)16(17)21/h3-7,10,12-13,18H,8-9,11H2,1-2H3,(H2,17,21)(H,19,20)/t12-,13?/m0/s1. The van der Waals surface area contributed by atoms with Crippen molar-refractivity contribution in [3.05, 3.63) is 42.3 Å². The maximum Gasteiger partial charge on any atom is 0.234 e. The number of hydrogen-bond donors (Lipinski definition) is 3. The average molecular weight is 306 g/mol. The first-order valence-electron chi connectivity index (χ1n) is 7.30. The van der Waals surface area contributed by atoms with Gasteiger partial charge in [-0.2, -0.15) is 0 Å². The van der Waals surface area contributed by atoms with Gasteiger partial charge in [0.2, 0.25) is 11.8 Å². The van der Waals surface area contributed by atoms with E-state index < -0.39 is 11.9 Å². The van der Waals surface area contributed by atoms with Gasteiger partial charge >= 0.3 is 0 Å². The van der Waals surface area contributed by atoms with Crippen molar-refractivity contribution in [2.24, 2.45) is 5.73 Å². The van der Waals surface area contributed by atoms with Gasteiger partial charge in [-0.1, -0.05) is 30.3 Å². The summed E-state index contributed by atoms with van der Waals surface area (Å²) in [5.41, 5.74) is 6.18. The summed E-state index contributed by atoms with van der Waals surface area (Å²) in [5, 5.41) is 5.62. The molecule has 0 aliphatic carbocycles. The molecule has 0 aliphatic heterocycles. The Balaban J connectivity index is 2.12. The summed E-state index contributed by atoms with van der Waals surface area (Å²) in [4.78, 5) is 22.5. The largest absolute Gasteiger partial charge is 0.373 e. The van der Waals surface area contributed by atoms with E-state index >= 15 is 0 Å². The van der Waals surface area contributed by atoms with Crippen LogP contribution in [0.2, 0.25) is 0 Å². The molecule has 0 saturated carbocycles. The van der Waals surface area contributed by atoms with E-state index in [1.807, 2.05) is 37.3 Å². The minimum absolute atomic E-state index is 0.200. The highest BCUT2D eigenvalue weighted by Crippen LogP contribution is 2.04. The maximum atomic E-state index is 11.7. The fourth-order valence-corrected chi connectivity index (χ4v) is 1.70. The van der Waals surface area contributed by atoms with E-state index in [9.17, 15) is 9.59 Å². The number of nitrogens with one attached hydrogen (secondary N) is 2. The fraction of sp³-hybridized carbons (Fsp3) is 0.438. The average Bonchev–Trinajstić information content (AvgIpc) is 2.50. The lowest BCUT2D eigenvalue weighted by Gasteiger charge is -2.14. The molecule has 1 radical (unpaired) electrons. The summed E-state index contributed by atoms with van der Waals surface area (Å²) in [6.07, 6.45) is 1.21. The molecular formula is C16H24N3O3. The zero-order chi connectivity index (χ0) is 16.4. The fourth-order valence-electron chi connectivity index (χ4n) is 1.70. The lowest BCUT2D eigenvalue weighted by atomic mass is 10.2. The van der Waals surface area contributed by atoms with E-state index in [0.29, 0.717) is 19.7 Å². The van der Waals surface area contributed by atoms with Gasteiger partial charge in [-0.15, -0.1) is 0 Å². The van der Waals surface area contributed by atoms with Crippen LogP contribution in [0.15, 0.2) is 30.3 Å². The summed E-state index contributed by atoms with van der Waals surface area (Å²) in [6, 6.07) is 9.37. The lowest BCUT2D eigenvalue weighted by molar-refractivity contribution is -0.119. The molecule has 1 aromatic carbocycles. The van der Waals surface area contributed by atoms with Crippen molar-refractivity contribution in [2.75, 3.05) is 13.1 Å². The molecule has 0 saturated heterocycles. The summed E-state index contributed by atoms with van der Waals surface area (Å²) in [6.45, 7) is 4.84. The second kappa shape index (κ2) is 9.92. The molecule has 2 atom stereocenters. The molecule has 0 heterocycles. The lowest BCUT2D eigenvalue weighted by Crippen LogP contribution is -2.42. The van der Waals surface area contributed by atoms with E-state index in [0.717, 1.165) is 5.56 Å². The molecule has 1 rings (SSSR count). The Kier molecular flexibility index (Phi) is 8.17. The van der Waals surface area contributed by atoms with Gasteiger partial charge in [0.1, 0.15) is 0 Å². The molecule has 0 spiro atoms. The molecule has 6 heteroatoms.